The monoisotopic (exact) mass is 628 g/mol. The molecule has 0 saturated carbocycles. The van der Waals surface area contributed by atoms with Crippen LogP contribution in [0.15, 0.2) is 60.8 Å². The Bertz CT molecular complexity index is 826. The summed E-state index contributed by atoms with van der Waals surface area (Å²) in [6, 6.07) is -0.670. The summed E-state index contributed by atoms with van der Waals surface area (Å²) in [7, 11) is 0. The van der Waals surface area contributed by atoms with E-state index < -0.39 is 12.1 Å². The SMILES string of the molecule is CCCCCCCCCCCCCCC/C=C/[C@@H](O)[C@H](CO)NC(=O)CCC/C=C\C/C=C\C/C=C\C=C\C(=O)CCCCC. The molecule has 0 bridgehead atoms. The predicted molar refractivity (Wildman–Crippen MR) is 193 cm³/mol. The number of allylic oxidation sites excluding steroid dienone is 9. The predicted octanol–water partition coefficient (Wildman–Crippen LogP) is 10.2. The number of hydrogen-bond donors (Lipinski definition) is 3. The van der Waals surface area contributed by atoms with Crippen molar-refractivity contribution in [3.8, 4) is 0 Å². The lowest BCUT2D eigenvalue weighted by Crippen LogP contribution is -2.45. The maximum Gasteiger partial charge on any atom is 0.220 e. The Hall–Kier alpha value is -2.24. The van der Waals surface area contributed by atoms with E-state index >= 15 is 0 Å². The van der Waals surface area contributed by atoms with Gasteiger partial charge < -0.3 is 15.5 Å². The topological polar surface area (TPSA) is 86.6 Å². The lowest BCUT2D eigenvalue weighted by molar-refractivity contribution is -0.123. The van der Waals surface area contributed by atoms with Gasteiger partial charge in [-0.3, -0.25) is 9.59 Å². The smallest absolute Gasteiger partial charge is 0.220 e. The summed E-state index contributed by atoms with van der Waals surface area (Å²) in [6.45, 7) is 4.11. The van der Waals surface area contributed by atoms with Crippen LogP contribution < -0.4 is 5.32 Å². The fourth-order valence-electron chi connectivity index (χ4n) is 5.06. The summed E-state index contributed by atoms with van der Waals surface area (Å²) in [6.07, 6.45) is 44.2. The van der Waals surface area contributed by atoms with Gasteiger partial charge in [0.05, 0.1) is 18.8 Å². The number of nitrogens with one attached hydrogen (secondary N) is 1. The fraction of sp³-hybridized carbons (Fsp3) is 0.700. The highest BCUT2D eigenvalue weighted by Gasteiger charge is 2.17. The van der Waals surface area contributed by atoms with Crippen molar-refractivity contribution in [2.45, 2.75) is 174 Å². The molecule has 0 fully saturated rings. The third kappa shape index (κ3) is 31.5. The van der Waals surface area contributed by atoms with Crippen molar-refractivity contribution in [2.75, 3.05) is 6.61 Å². The molecule has 0 aromatic rings. The first kappa shape index (κ1) is 42.8. The van der Waals surface area contributed by atoms with Crippen LogP contribution in [0.4, 0.5) is 0 Å². The molecule has 0 aliphatic heterocycles. The number of carbonyl (C=O) groups is 2. The second-order valence-corrected chi connectivity index (χ2v) is 12.3. The number of carbonyl (C=O) groups excluding carboxylic acids is 2. The van der Waals surface area contributed by atoms with E-state index in [2.05, 4.69) is 43.5 Å². The van der Waals surface area contributed by atoms with E-state index in [1.54, 1.807) is 12.2 Å². The van der Waals surface area contributed by atoms with Gasteiger partial charge in [-0.05, 0) is 51.0 Å². The molecule has 45 heavy (non-hydrogen) atoms. The zero-order valence-corrected chi connectivity index (χ0v) is 29.1. The molecule has 5 heteroatoms. The normalized spacial score (nSPS) is 13.7. The minimum atomic E-state index is -0.878. The number of aliphatic hydroxyl groups is 2. The van der Waals surface area contributed by atoms with Crippen LogP contribution in [0, 0.1) is 0 Å². The van der Waals surface area contributed by atoms with Crippen LogP contribution in [0.2, 0.25) is 0 Å². The Balaban J connectivity index is 3.82. The third-order valence-corrected chi connectivity index (χ3v) is 7.97. The molecule has 0 unspecified atom stereocenters. The summed E-state index contributed by atoms with van der Waals surface area (Å²) in [5.74, 6) is 0.0505. The molecule has 0 heterocycles. The summed E-state index contributed by atoms with van der Waals surface area (Å²) < 4.78 is 0. The van der Waals surface area contributed by atoms with E-state index in [0.29, 0.717) is 12.8 Å². The average Bonchev–Trinajstić information content (AvgIpc) is 3.03. The molecule has 0 spiro atoms. The molecule has 0 aromatic carbocycles. The molecule has 0 radical (unpaired) electrons. The quantitative estimate of drug-likeness (QED) is 0.0300. The zero-order chi connectivity index (χ0) is 33.1. The van der Waals surface area contributed by atoms with Gasteiger partial charge in [-0.25, -0.2) is 0 Å². The van der Waals surface area contributed by atoms with Gasteiger partial charge in [-0.1, -0.05) is 158 Å². The largest absolute Gasteiger partial charge is 0.394 e. The van der Waals surface area contributed by atoms with Crippen molar-refractivity contribution in [2.24, 2.45) is 0 Å². The van der Waals surface area contributed by atoms with Crippen LogP contribution in [0.5, 0.6) is 0 Å². The standard InChI is InChI=1S/C40H69NO4/c1-3-5-7-8-9-10-11-12-13-14-17-20-23-26-30-34-39(44)38(36-42)41-40(45)35-31-27-24-21-18-15-16-19-22-25-29-33-37(43)32-28-6-4-2/h15-16,21-22,24-25,29-30,33-34,38-39,42,44H,3-14,17-20,23,26-28,31-32,35-36H2,1-2H3,(H,41,45)/b16-15-,24-21-,25-22-,33-29+,34-30+/t38-,39+/m0/s1. The molecular formula is C40H69NO4. The highest BCUT2D eigenvalue weighted by atomic mass is 16.3. The number of amides is 1. The zero-order valence-electron chi connectivity index (χ0n) is 29.1. The average molecular weight is 628 g/mol. The van der Waals surface area contributed by atoms with Crippen molar-refractivity contribution in [3.05, 3.63) is 60.8 Å². The van der Waals surface area contributed by atoms with Crippen LogP contribution in [-0.2, 0) is 9.59 Å². The second kappa shape index (κ2) is 34.6. The van der Waals surface area contributed by atoms with Gasteiger partial charge >= 0.3 is 0 Å². The second-order valence-electron chi connectivity index (χ2n) is 12.3. The number of unbranched alkanes of at least 4 members (excludes halogenated alkanes) is 16. The summed E-state index contributed by atoms with van der Waals surface area (Å²) >= 11 is 0. The first-order valence-corrected chi connectivity index (χ1v) is 18.5. The van der Waals surface area contributed by atoms with Crippen LogP contribution >= 0.6 is 0 Å². The molecule has 258 valence electrons. The van der Waals surface area contributed by atoms with E-state index in [1.165, 1.54) is 77.0 Å². The number of aliphatic hydroxyl groups excluding tert-OH is 2. The van der Waals surface area contributed by atoms with Crippen LogP contribution in [0.25, 0.3) is 0 Å². The minimum Gasteiger partial charge on any atom is -0.394 e. The number of ketones is 1. The molecule has 0 aliphatic carbocycles. The molecule has 1 amide bonds. The van der Waals surface area contributed by atoms with Crippen LogP contribution in [0.3, 0.4) is 0 Å². The summed E-state index contributed by atoms with van der Waals surface area (Å²) in [5, 5.41) is 22.8. The lowest BCUT2D eigenvalue weighted by atomic mass is 10.0. The van der Waals surface area contributed by atoms with Crippen molar-refractivity contribution < 1.29 is 19.8 Å². The van der Waals surface area contributed by atoms with Gasteiger partial charge in [0.25, 0.3) is 0 Å². The third-order valence-electron chi connectivity index (χ3n) is 7.97. The molecule has 2 atom stereocenters. The highest BCUT2D eigenvalue weighted by Crippen LogP contribution is 2.13. The Morgan fingerprint density at radius 3 is 1.76 bits per heavy atom. The van der Waals surface area contributed by atoms with Crippen LogP contribution in [0.1, 0.15) is 162 Å². The van der Waals surface area contributed by atoms with Gasteiger partial charge in [0, 0.05) is 12.8 Å². The Morgan fingerprint density at radius 2 is 1.13 bits per heavy atom. The first-order chi connectivity index (χ1) is 22.0. The van der Waals surface area contributed by atoms with Crippen molar-refractivity contribution >= 4 is 11.7 Å². The number of rotatable bonds is 32. The molecular weight excluding hydrogens is 558 g/mol. The van der Waals surface area contributed by atoms with E-state index in [-0.39, 0.29) is 18.3 Å². The van der Waals surface area contributed by atoms with Gasteiger partial charge in [0.1, 0.15) is 0 Å². The van der Waals surface area contributed by atoms with Crippen molar-refractivity contribution in [3.63, 3.8) is 0 Å². The first-order valence-electron chi connectivity index (χ1n) is 18.5. The van der Waals surface area contributed by atoms with E-state index in [1.807, 2.05) is 24.3 Å². The number of hydrogen-bond acceptors (Lipinski definition) is 4. The lowest BCUT2D eigenvalue weighted by Gasteiger charge is -2.19. The van der Waals surface area contributed by atoms with E-state index in [0.717, 1.165) is 57.8 Å². The summed E-state index contributed by atoms with van der Waals surface area (Å²) in [5.41, 5.74) is 0. The van der Waals surface area contributed by atoms with Gasteiger partial charge in [0.15, 0.2) is 5.78 Å². The Kier molecular flexibility index (Phi) is 32.9. The molecule has 5 nitrogen and oxygen atoms in total. The Labute approximate surface area is 277 Å². The maximum absolute atomic E-state index is 12.3. The van der Waals surface area contributed by atoms with E-state index in [9.17, 15) is 19.8 Å². The van der Waals surface area contributed by atoms with E-state index in [4.69, 9.17) is 0 Å². The Morgan fingerprint density at radius 1 is 0.600 bits per heavy atom. The van der Waals surface area contributed by atoms with Gasteiger partial charge in [0.2, 0.25) is 5.91 Å². The van der Waals surface area contributed by atoms with Gasteiger partial charge in [-0.2, -0.15) is 0 Å². The molecule has 0 aliphatic rings. The highest BCUT2D eigenvalue weighted by molar-refractivity contribution is 5.89. The summed E-state index contributed by atoms with van der Waals surface area (Å²) in [4.78, 5) is 23.9. The van der Waals surface area contributed by atoms with Crippen molar-refractivity contribution in [1.29, 1.82) is 0 Å². The maximum atomic E-state index is 12.3. The molecule has 0 aromatic heterocycles. The minimum absolute atomic E-state index is 0.144. The fourth-order valence-corrected chi connectivity index (χ4v) is 5.06. The molecule has 0 rings (SSSR count). The van der Waals surface area contributed by atoms with Crippen LogP contribution in [-0.4, -0.2) is 40.7 Å². The van der Waals surface area contributed by atoms with Gasteiger partial charge in [-0.15, -0.1) is 0 Å². The molecule has 0 saturated heterocycles. The van der Waals surface area contributed by atoms with Crippen molar-refractivity contribution in [1.82, 2.24) is 5.32 Å². The molecule has 3 N–H and O–H groups in total.